The highest BCUT2D eigenvalue weighted by Crippen LogP contribution is 2.21. The molecule has 0 atom stereocenters. The fourth-order valence-electron chi connectivity index (χ4n) is 2.84. The number of benzene rings is 1. The molecule has 5 rings (SSSR count). The van der Waals surface area contributed by atoms with E-state index in [0.717, 1.165) is 22.4 Å². The molecule has 0 amide bonds. The molecule has 0 radical (unpaired) electrons. The van der Waals surface area contributed by atoms with Gasteiger partial charge < -0.3 is 0 Å². The number of H-pyrrole nitrogens is 1. The largest absolute Gasteiger partial charge is 0.291 e. The van der Waals surface area contributed by atoms with Gasteiger partial charge in [0, 0.05) is 29.1 Å². The number of aromatic amines is 1. The van der Waals surface area contributed by atoms with E-state index in [2.05, 4.69) is 25.3 Å². The predicted molar refractivity (Wildman–Crippen MR) is 103 cm³/mol. The third-order valence-corrected chi connectivity index (χ3v) is 5.10. The zero-order valence-electron chi connectivity index (χ0n) is 13.9. The highest BCUT2D eigenvalue weighted by Gasteiger charge is 2.13. The molecule has 0 saturated carbocycles. The first-order valence-corrected chi connectivity index (χ1v) is 9.02. The Balaban J connectivity index is 1.61. The molecule has 0 spiro atoms. The lowest BCUT2D eigenvalue weighted by Gasteiger charge is -1.98. The minimum absolute atomic E-state index is 0.192. The van der Waals surface area contributed by atoms with E-state index < -0.39 is 0 Å². The number of pyridine rings is 1. The summed E-state index contributed by atoms with van der Waals surface area (Å²) in [5.74, 6) is 0.514. The summed E-state index contributed by atoms with van der Waals surface area (Å²) in [4.78, 5) is 21.8. The zero-order valence-corrected chi connectivity index (χ0v) is 14.7. The Bertz CT molecular complexity index is 1340. The van der Waals surface area contributed by atoms with Gasteiger partial charge in [-0.25, -0.2) is 0 Å². The lowest BCUT2D eigenvalue weighted by molar-refractivity contribution is 0.936. The molecule has 0 saturated heterocycles. The Kier molecular flexibility index (Phi) is 3.61. The van der Waals surface area contributed by atoms with E-state index in [1.165, 1.54) is 15.9 Å². The summed E-state index contributed by atoms with van der Waals surface area (Å²) in [6, 6.07) is 13.5. The van der Waals surface area contributed by atoms with E-state index >= 15 is 0 Å². The van der Waals surface area contributed by atoms with Crippen molar-refractivity contribution in [2.45, 2.75) is 0 Å². The number of nitrogens with zero attached hydrogens (tertiary/aromatic N) is 5. The average Bonchev–Trinajstić information content (AvgIpc) is 3.41. The molecule has 27 heavy (non-hydrogen) atoms. The molecule has 4 heterocycles. The van der Waals surface area contributed by atoms with Gasteiger partial charge in [0.05, 0.1) is 16.4 Å². The van der Waals surface area contributed by atoms with Crippen LogP contribution >= 0.6 is 11.3 Å². The first kappa shape index (κ1) is 15.6. The molecule has 5 aromatic rings. The summed E-state index contributed by atoms with van der Waals surface area (Å²) in [5, 5.41) is 11.5. The Hall–Kier alpha value is -3.65. The van der Waals surface area contributed by atoms with Crippen LogP contribution in [0.25, 0.3) is 33.7 Å². The van der Waals surface area contributed by atoms with Gasteiger partial charge in [0.15, 0.2) is 5.82 Å². The quantitative estimate of drug-likeness (QED) is 0.524. The number of hydrogen-bond donors (Lipinski definition) is 1. The van der Waals surface area contributed by atoms with E-state index in [0.29, 0.717) is 15.3 Å². The van der Waals surface area contributed by atoms with Crippen LogP contribution in [0.15, 0.2) is 65.8 Å². The van der Waals surface area contributed by atoms with Crippen LogP contribution in [-0.4, -0.2) is 29.8 Å². The summed E-state index contributed by atoms with van der Waals surface area (Å²) in [6.45, 7) is 0. The van der Waals surface area contributed by atoms with Crippen molar-refractivity contribution >= 4 is 22.4 Å². The average molecular weight is 372 g/mol. The van der Waals surface area contributed by atoms with Crippen molar-refractivity contribution in [2.24, 2.45) is 0 Å². The van der Waals surface area contributed by atoms with Crippen LogP contribution in [0.2, 0.25) is 0 Å². The zero-order chi connectivity index (χ0) is 18.2. The van der Waals surface area contributed by atoms with Gasteiger partial charge in [-0.3, -0.25) is 14.9 Å². The molecule has 0 aliphatic carbocycles. The standard InChI is InChI=1S/C19H12N6OS/c26-18-15(10-14-11-21-23-16(14)12-4-2-1-3-5-12)27-19-22-17(24-25(18)19)13-6-8-20-9-7-13/h1-11H,(H,21,23)/b15-10-. The summed E-state index contributed by atoms with van der Waals surface area (Å²) < 4.78 is 1.90. The molecule has 1 aromatic carbocycles. The second-order valence-corrected chi connectivity index (χ2v) is 6.86. The number of fused-ring (bicyclic) bond motifs is 1. The van der Waals surface area contributed by atoms with E-state index in [4.69, 9.17) is 0 Å². The molecule has 0 aliphatic rings. The van der Waals surface area contributed by atoms with Gasteiger partial charge >= 0.3 is 0 Å². The van der Waals surface area contributed by atoms with E-state index in [1.807, 2.05) is 48.5 Å². The first-order valence-electron chi connectivity index (χ1n) is 8.20. The van der Waals surface area contributed by atoms with Crippen molar-refractivity contribution in [3.8, 4) is 22.6 Å². The number of aromatic nitrogens is 6. The smallest absolute Gasteiger partial charge is 0.277 e. The van der Waals surface area contributed by atoms with Gasteiger partial charge in [-0.05, 0) is 18.2 Å². The monoisotopic (exact) mass is 372 g/mol. The molecule has 0 fully saturated rings. The highest BCUT2D eigenvalue weighted by molar-refractivity contribution is 7.15. The molecule has 7 nitrogen and oxygen atoms in total. The topological polar surface area (TPSA) is 88.8 Å². The molecule has 8 heteroatoms. The number of nitrogens with one attached hydrogen (secondary N) is 1. The molecule has 4 aromatic heterocycles. The number of hydrogen-bond acceptors (Lipinski definition) is 6. The third kappa shape index (κ3) is 2.72. The van der Waals surface area contributed by atoms with Crippen molar-refractivity contribution in [1.82, 2.24) is 29.8 Å². The molecule has 130 valence electrons. The maximum Gasteiger partial charge on any atom is 0.291 e. The van der Waals surface area contributed by atoms with Crippen LogP contribution in [0, 0.1) is 0 Å². The third-order valence-electron chi connectivity index (χ3n) is 4.14. The lowest BCUT2D eigenvalue weighted by atomic mass is 10.1. The molecular weight excluding hydrogens is 360 g/mol. The first-order chi connectivity index (χ1) is 13.3. The second kappa shape index (κ2) is 6.26. The maximum atomic E-state index is 12.7. The Morgan fingerprint density at radius 3 is 2.63 bits per heavy atom. The molecule has 1 N–H and O–H groups in total. The van der Waals surface area contributed by atoms with Crippen LogP contribution in [0.3, 0.4) is 0 Å². The van der Waals surface area contributed by atoms with Crippen molar-refractivity contribution in [3.05, 3.63) is 81.5 Å². The van der Waals surface area contributed by atoms with E-state index in [-0.39, 0.29) is 5.56 Å². The number of rotatable bonds is 3. The van der Waals surface area contributed by atoms with E-state index in [1.54, 1.807) is 18.6 Å². The predicted octanol–water partition coefficient (Wildman–Crippen LogP) is 2.15. The summed E-state index contributed by atoms with van der Waals surface area (Å²) >= 11 is 1.31. The minimum atomic E-state index is -0.192. The van der Waals surface area contributed by atoms with Crippen LogP contribution < -0.4 is 10.1 Å². The minimum Gasteiger partial charge on any atom is -0.277 e. The Morgan fingerprint density at radius 1 is 1.04 bits per heavy atom. The normalized spacial score (nSPS) is 12.1. The maximum absolute atomic E-state index is 12.7. The lowest BCUT2D eigenvalue weighted by Crippen LogP contribution is -2.23. The van der Waals surface area contributed by atoms with Gasteiger partial charge in [-0.15, -0.1) is 5.10 Å². The summed E-state index contributed by atoms with van der Waals surface area (Å²) in [7, 11) is 0. The summed E-state index contributed by atoms with van der Waals surface area (Å²) in [6.07, 6.45) is 6.87. The van der Waals surface area contributed by atoms with Crippen molar-refractivity contribution < 1.29 is 0 Å². The molecular formula is C19H12N6OS. The van der Waals surface area contributed by atoms with E-state index in [9.17, 15) is 4.79 Å². The van der Waals surface area contributed by atoms with Crippen molar-refractivity contribution in [2.75, 3.05) is 0 Å². The van der Waals surface area contributed by atoms with Gasteiger partial charge in [0.1, 0.15) is 0 Å². The van der Waals surface area contributed by atoms with Gasteiger partial charge in [-0.1, -0.05) is 41.7 Å². The van der Waals surface area contributed by atoms with Crippen LogP contribution in [-0.2, 0) is 0 Å². The molecule has 0 bridgehead atoms. The molecule has 0 unspecified atom stereocenters. The SMILES string of the molecule is O=c1/c(=C/c2cn[nH]c2-c2ccccc2)sc2nc(-c3ccncc3)nn12. The fourth-order valence-corrected chi connectivity index (χ4v) is 3.74. The Labute approximate surface area is 156 Å². The van der Waals surface area contributed by atoms with Crippen LogP contribution in [0.1, 0.15) is 5.56 Å². The van der Waals surface area contributed by atoms with Crippen LogP contribution in [0.5, 0.6) is 0 Å². The Morgan fingerprint density at radius 2 is 1.85 bits per heavy atom. The summed E-state index contributed by atoms with van der Waals surface area (Å²) in [5.41, 5.74) is 3.35. The van der Waals surface area contributed by atoms with Crippen molar-refractivity contribution in [3.63, 3.8) is 0 Å². The number of thiazole rings is 1. The van der Waals surface area contributed by atoms with Gasteiger partial charge in [0.2, 0.25) is 4.96 Å². The van der Waals surface area contributed by atoms with Gasteiger partial charge in [-0.2, -0.15) is 14.6 Å². The second-order valence-electron chi connectivity index (χ2n) is 5.85. The van der Waals surface area contributed by atoms with Crippen LogP contribution in [0.4, 0.5) is 0 Å². The molecule has 0 aliphatic heterocycles. The van der Waals surface area contributed by atoms with Gasteiger partial charge in [0.25, 0.3) is 5.56 Å². The van der Waals surface area contributed by atoms with Crippen molar-refractivity contribution in [1.29, 1.82) is 0 Å². The highest BCUT2D eigenvalue weighted by atomic mass is 32.1. The fraction of sp³-hybridized carbons (Fsp3) is 0.